The fourth-order valence-electron chi connectivity index (χ4n) is 3.40. The molecule has 2 aromatic heterocycles. The average Bonchev–Trinajstić information content (AvgIpc) is 2.74. The van der Waals surface area contributed by atoms with Crippen molar-refractivity contribution < 1.29 is 4.39 Å². The summed E-state index contributed by atoms with van der Waals surface area (Å²) in [5.74, 6) is -0.470. The SMILES string of the molecule is Cn1c(=O)c(C#N)c(N2CCCCC2)c2nc(Cl)ccc21.Nc1ccc(Cl)cc1F. The first-order valence-electron chi connectivity index (χ1n) is 9.38. The van der Waals surface area contributed by atoms with Gasteiger partial charge >= 0.3 is 0 Å². The van der Waals surface area contributed by atoms with Crippen LogP contribution in [0.25, 0.3) is 11.0 Å². The van der Waals surface area contributed by atoms with Crippen LogP contribution in [0, 0.1) is 17.1 Å². The lowest BCUT2D eigenvalue weighted by Gasteiger charge is -2.30. The lowest BCUT2D eigenvalue weighted by atomic mass is 10.1. The molecular weight excluding hydrogens is 428 g/mol. The molecule has 0 aliphatic carbocycles. The molecule has 156 valence electrons. The van der Waals surface area contributed by atoms with Gasteiger partial charge in [0.1, 0.15) is 28.1 Å². The van der Waals surface area contributed by atoms with Crippen LogP contribution in [0.3, 0.4) is 0 Å². The Morgan fingerprint density at radius 1 is 1.17 bits per heavy atom. The van der Waals surface area contributed by atoms with Gasteiger partial charge in [-0.15, -0.1) is 0 Å². The number of pyridine rings is 2. The van der Waals surface area contributed by atoms with Gasteiger partial charge < -0.3 is 15.2 Å². The minimum absolute atomic E-state index is 0.124. The molecule has 0 saturated carbocycles. The third-order valence-electron chi connectivity index (χ3n) is 4.93. The van der Waals surface area contributed by atoms with Crippen molar-refractivity contribution in [3.8, 4) is 6.07 Å². The predicted molar refractivity (Wildman–Crippen MR) is 119 cm³/mol. The normalized spacial score (nSPS) is 13.5. The second-order valence-electron chi connectivity index (χ2n) is 6.91. The molecule has 2 N–H and O–H groups in total. The Labute approximate surface area is 183 Å². The van der Waals surface area contributed by atoms with E-state index in [1.54, 1.807) is 25.2 Å². The van der Waals surface area contributed by atoms with E-state index in [1.165, 1.54) is 23.1 Å². The van der Waals surface area contributed by atoms with Gasteiger partial charge in [0.15, 0.2) is 0 Å². The summed E-state index contributed by atoms with van der Waals surface area (Å²) >= 11 is 11.4. The maximum Gasteiger partial charge on any atom is 0.270 e. The van der Waals surface area contributed by atoms with Gasteiger partial charge in [-0.05, 0) is 49.6 Å². The van der Waals surface area contributed by atoms with Gasteiger partial charge in [-0.3, -0.25) is 4.79 Å². The highest BCUT2D eigenvalue weighted by Crippen LogP contribution is 2.30. The number of fused-ring (bicyclic) bond motifs is 1. The largest absolute Gasteiger partial charge is 0.396 e. The van der Waals surface area contributed by atoms with E-state index < -0.39 is 5.82 Å². The number of hydrogen-bond donors (Lipinski definition) is 1. The van der Waals surface area contributed by atoms with Crippen molar-refractivity contribution in [3.63, 3.8) is 0 Å². The fraction of sp³-hybridized carbons (Fsp3) is 0.286. The smallest absolute Gasteiger partial charge is 0.270 e. The summed E-state index contributed by atoms with van der Waals surface area (Å²) in [5, 5.41) is 10.2. The Hall–Kier alpha value is -2.82. The quantitative estimate of drug-likeness (QED) is 0.437. The summed E-state index contributed by atoms with van der Waals surface area (Å²) in [4.78, 5) is 18.9. The van der Waals surface area contributed by atoms with Crippen LogP contribution in [0.2, 0.25) is 10.2 Å². The zero-order chi connectivity index (χ0) is 21.8. The van der Waals surface area contributed by atoms with Crippen LogP contribution < -0.4 is 16.2 Å². The van der Waals surface area contributed by atoms with Gasteiger partial charge in [0, 0.05) is 25.2 Å². The first kappa shape index (κ1) is 21.9. The van der Waals surface area contributed by atoms with E-state index in [0.29, 0.717) is 26.9 Å². The number of nitriles is 1. The average molecular weight is 448 g/mol. The summed E-state index contributed by atoms with van der Waals surface area (Å²) < 4.78 is 13.8. The standard InChI is InChI=1S/C15H15ClN4O.C6H5ClFN/c1-19-11-5-6-12(16)18-13(11)14(10(9-17)15(19)21)20-7-3-2-4-8-20;7-4-1-2-6(9)5(8)3-4/h5-6H,2-4,7-8H2,1H3;1-3H,9H2. The number of aromatic nitrogens is 2. The highest BCUT2D eigenvalue weighted by Gasteiger charge is 2.22. The molecule has 1 aliphatic rings. The molecule has 3 aromatic rings. The van der Waals surface area contributed by atoms with Gasteiger partial charge in [-0.2, -0.15) is 5.26 Å². The third kappa shape index (κ3) is 4.50. The second kappa shape index (κ2) is 9.33. The van der Waals surface area contributed by atoms with Crippen LogP contribution in [0.1, 0.15) is 24.8 Å². The monoisotopic (exact) mass is 447 g/mol. The molecule has 3 heterocycles. The Kier molecular flexibility index (Phi) is 6.80. The second-order valence-corrected chi connectivity index (χ2v) is 7.74. The molecule has 0 radical (unpaired) electrons. The Balaban J connectivity index is 0.000000239. The molecule has 1 saturated heterocycles. The summed E-state index contributed by atoms with van der Waals surface area (Å²) in [6.07, 6.45) is 3.29. The molecular formula is C21H20Cl2FN5O. The van der Waals surface area contributed by atoms with E-state index in [-0.39, 0.29) is 16.8 Å². The van der Waals surface area contributed by atoms with Crippen molar-refractivity contribution in [2.45, 2.75) is 19.3 Å². The number of benzene rings is 1. The molecule has 0 amide bonds. The molecule has 4 rings (SSSR count). The van der Waals surface area contributed by atoms with Gasteiger partial charge in [0.25, 0.3) is 5.56 Å². The Bertz CT molecular complexity index is 1180. The first-order chi connectivity index (χ1) is 14.3. The number of anilines is 2. The lowest BCUT2D eigenvalue weighted by molar-refractivity contribution is 0.578. The van der Waals surface area contributed by atoms with Gasteiger partial charge in [-0.1, -0.05) is 23.2 Å². The maximum absolute atomic E-state index is 12.4. The number of nitrogens with two attached hydrogens (primary N) is 1. The minimum atomic E-state index is -0.470. The predicted octanol–water partition coefficient (Wildman–Crippen LogP) is 4.51. The van der Waals surface area contributed by atoms with E-state index in [1.807, 2.05) is 0 Å². The number of hydrogen-bond acceptors (Lipinski definition) is 5. The van der Waals surface area contributed by atoms with Gasteiger partial charge in [0.2, 0.25) is 0 Å². The Morgan fingerprint density at radius 3 is 2.47 bits per heavy atom. The van der Waals surface area contributed by atoms with Crippen molar-refractivity contribution in [2.75, 3.05) is 23.7 Å². The molecule has 0 atom stereocenters. The summed E-state index contributed by atoms with van der Waals surface area (Å²) in [6.45, 7) is 1.68. The zero-order valence-electron chi connectivity index (χ0n) is 16.3. The zero-order valence-corrected chi connectivity index (χ0v) is 17.8. The van der Waals surface area contributed by atoms with Gasteiger partial charge in [0.05, 0.1) is 16.9 Å². The van der Waals surface area contributed by atoms with E-state index in [0.717, 1.165) is 25.9 Å². The molecule has 1 fully saturated rings. The van der Waals surface area contributed by atoms with Crippen molar-refractivity contribution in [1.29, 1.82) is 5.26 Å². The van der Waals surface area contributed by atoms with E-state index >= 15 is 0 Å². The molecule has 9 heteroatoms. The molecule has 0 unspecified atom stereocenters. The number of nitrogens with zero attached hydrogens (tertiary/aromatic N) is 4. The van der Waals surface area contributed by atoms with Crippen molar-refractivity contribution in [1.82, 2.24) is 9.55 Å². The minimum Gasteiger partial charge on any atom is -0.396 e. The van der Waals surface area contributed by atoms with E-state index in [2.05, 4.69) is 16.0 Å². The number of rotatable bonds is 1. The topological polar surface area (TPSA) is 87.9 Å². The number of aryl methyl sites for hydroxylation is 1. The van der Waals surface area contributed by atoms with Gasteiger partial charge in [-0.25, -0.2) is 9.37 Å². The number of piperidine rings is 1. The van der Waals surface area contributed by atoms with Crippen molar-refractivity contribution in [2.24, 2.45) is 7.05 Å². The molecule has 30 heavy (non-hydrogen) atoms. The van der Waals surface area contributed by atoms with Crippen LogP contribution in [-0.4, -0.2) is 22.6 Å². The van der Waals surface area contributed by atoms with E-state index in [4.69, 9.17) is 28.9 Å². The molecule has 0 spiro atoms. The highest BCUT2D eigenvalue weighted by molar-refractivity contribution is 6.30. The van der Waals surface area contributed by atoms with E-state index in [9.17, 15) is 14.4 Å². The van der Waals surface area contributed by atoms with Crippen LogP contribution in [0.5, 0.6) is 0 Å². The summed E-state index contributed by atoms with van der Waals surface area (Å²) in [7, 11) is 1.65. The molecule has 1 aliphatic heterocycles. The summed E-state index contributed by atoms with van der Waals surface area (Å²) in [6, 6.07) is 9.64. The maximum atomic E-state index is 12.4. The summed E-state index contributed by atoms with van der Waals surface area (Å²) in [5.41, 5.74) is 7.11. The number of halogens is 3. The van der Waals surface area contributed by atoms with Crippen LogP contribution in [0.15, 0.2) is 35.1 Å². The molecule has 1 aromatic carbocycles. The van der Waals surface area contributed by atoms with Crippen molar-refractivity contribution in [3.05, 3.63) is 62.2 Å². The lowest BCUT2D eigenvalue weighted by Crippen LogP contribution is -2.33. The fourth-order valence-corrected chi connectivity index (χ4v) is 3.70. The first-order valence-corrected chi connectivity index (χ1v) is 10.1. The third-order valence-corrected chi connectivity index (χ3v) is 5.37. The highest BCUT2D eigenvalue weighted by atomic mass is 35.5. The van der Waals surface area contributed by atoms with Crippen LogP contribution in [-0.2, 0) is 7.05 Å². The molecule has 0 bridgehead atoms. The van der Waals surface area contributed by atoms with Crippen LogP contribution >= 0.6 is 23.2 Å². The molecule has 6 nitrogen and oxygen atoms in total. The van der Waals surface area contributed by atoms with Crippen molar-refractivity contribution >= 4 is 45.6 Å². The Morgan fingerprint density at radius 2 is 1.87 bits per heavy atom. The van der Waals surface area contributed by atoms with Crippen LogP contribution in [0.4, 0.5) is 15.8 Å². The number of nitrogen functional groups attached to an aromatic ring is 1.